The summed E-state index contributed by atoms with van der Waals surface area (Å²) >= 11 is 0. The summed E-state index contributed by atoms with van der Waals surface area (Å²) in [5.74, 6) is -0.325. The highest BCUT2D eigenvalue weighted by Crippen LogP contribution is 2.17. The van der Waals surface area contributed by atoms with Crippen molar-refractivity contribution in [2.75, 3.05) is 0 Å². The highest BCUT2D eigenvalue weighted by molar-refractivity contribution is 5.91. The maximum absolute atomic E-state index is 11.8. The Morgan fingerprint density at radius 2 is 1.73 bits per heavy atom. The summed E-state index contributed by atoms with van der Waals surface area (Å²) in [4.78, 5) is 27.5. The first-order chi connectivity index (χ1) is 10.2. The first-order valence-electron chi connectivity index (χ1n) is 7.67. The van der Waals surface area contributed by atoms with Crippen LogP contribution in [0.2, 0.25) is 0 Å². The summed E-state index contributed by atoms with van der Waals surface area (Å²) < 4.78 is 0. The molecule has 0 aliphatic rings. The molecule has 0 radical (unpaired) electrons. The van der Waals surface area contributed by atoms with Crippen molar-refractivity contribution < 1.29 is 9.59 Å². The first-order valence-corrected chi connectivity index (χ1v) is 7.67. The number of rotatable bonds is 5. The van der Waals surface area contributed by atoms with Crippen molar-refractivity contribution in [2.24, 2.45) is 11.1 Å². The Hall–Kier alpha value is -1.75. The minimum Gasteiger partial charge on any atom is -0.351 e. The monoisotopic (exact) mass is 307 g/mol. The van der Waals surface area contributed by atoms with Crippen molar-refractivity contribution in [3.63, 3.8) is 0 Å². The van der Waals surface area contributed by atoms with E-state index in [-0.39, 0.29) is 18.1 Å². The van der Waals surface area contributed by atoms with Crippen LogP contribution in [0, 0.1) is 5.41 Å². The van der Waals surface area contributed by atoms with Gasteiger partial charge in [-0.2, -0.15) is 0 Å². The number of carbonyl (C=O) groups excluding carboxylic acids is 2. The molecule has 1 aromatic heterocycles. The molecule has 1 rings (SSSR count). The Labute approximate surface area is 133 Å². The van der Waals surface area contributed by atoms with Crippen LogP contribution in [0.25, 0.3) is 0 Å². The van der Waals surface area contributed by atoms with Gasteiger partial charge < -0.3 is 11.1 Å². The van der Waals surface area contributed by atoms with Gasteiger partial charge in [0.05, 0.1) is 6.04 Å². The van der Waals surface area contributed by atoms with Gasteiger partial charge in [0, 0.05) is 30.8 Å². The highest BCUT2D eigenvalue weighted by Gasteiger charge is 2.25. The second-order valence-electron chi connectivity index (χ2n) is 6.26. The van der Waals surface area contributed by atoms with E-state index in [1.54, 1.807) is 12.4 Å². The van der Waals surface area contributed by atoms with Crippen LogP contribution >= 0.6 is 0 Å². The summed E-state index contributed by atoms with van der Waals surface area (Å²) in [6, 6.07) is 2.83. The molecule has 1 atom stereocenters. The first kappa shape index (κ1) is 20.2. The van der Waals surface area contributed by atoms with E-state index in [1.165, 1.54) is 6.42 Å². The van der Waals surface area contributed by atoms with Crippen molar-refractivity contribution in [3.05, 3.63) is 30.1 Å². The average Bonchev–Trinajstić information content (AvgIpc) is 2.45. The predicted molar refractivity (Wildman–Crippen MR) is 89.1 cm³/mol. The molecule has 0 aliphatic carbocycles. The van der Waals surface area contributed by atoms with Crippen LogP contribution in [-0.2, 0) is 16.1 Å². The number of carbonyl (C=O) groups is 2. The predicted octanol–water partition coefficient (Wildman–Crippen LogP) is 2.45. The van der Waals surface area contributed by atoms with E-state index in [1.807, 2.05) is 32.9 Å². The van der Waals surface area contributed by atoms with Crippen LogP contribution in [0.4, 0.5) is 0 Å². The third-order valence-electron chi connectivity index (χ3n) is 2.79. The summed E-state index contributed by atoms with van der Waals surface area (Å²) in [6.45, 7) is 10.1. The lowest BCUT2D eigenvalue weighted by Crippen LogP contribution is -2.43. The maximum Gasteiger partial charge on any atom is 0.237 e. The molecule has 0 aliphatic heterocycles. The quantitative estimate of drug-likeness (QED) is 0.875. The molecule has 0 spiro atoms. The van der Waals surface area contributed by atoms with Gasteiger partial charge in [-0.05, 0) is 17.7 Å². The highest BCUT2D eigenvalue weighted by atomic mass is 16.2. The summed E-state index contributed by atoms with van der Waals surface area (Å²) in [7, 11) is 0. The molecule has 124 valence electrons. The molecule has 5 heteroatoms. The molecule has 1 aromatic rings. The van der Waals surface area contributed by atoms with Crippen LogP contribution < -0.4 is 11.1 Å². The number of nitrogens with one attached hydrogen (secondary N) is 1. The van der Waals surface area contributed by atoms with E-state index in [2.05, 4.69) is 24.1 Å². The van der Waals surface area contributed by atoms with Gasteiger partial charge in [0.15, 0.2) is 0 Å². The zero-order valence-corrected chi connectivity index (χ0v) is 14.3. The second kappa shape index (κ2) is 10.1. The molecular weight excluding hydrogens is 278 g/mol. The molecule has 0 bridgehead atoms. The number of amides is 1. The van der Waals surface area contributed by atoms with E-state index in [0.717, 1.165) is 5.56 Å². The lowest BCUT2D eigenvalue weighted by atomic mass is 9.87. The van der Waals surface area contributed by atoms with Gasteiger partial charge in [-0.3, -0.25) is 14.6 Å². The van der Waals surface area contributed by atoms with Crippen molar-refractivity contribution in [2.45, 2.75) is 60.0 Å². The van der Waals surface area contributed by atoms with Gasteiger partial charge in [-0.25, -0.2) is 0 Å². The van der Waals surface area contributed by atoms with E-state index < -0.39 is 11.5 Å². The standard InChI is InChI=1S/C14H21N3O2.C3H8/c1-14(2,3)12(18)8-11(15)13(19)17-9-10-4-6-16-7-5-10;1-3-2/h4-7,11H,8-9,15H2,1-3H3,(H,17,19);3H2,1-2H3. The molecule has 1 unspecified atom stereocenters. The number of aromatic nitrogens is 1. The maximum atomic E-state index is 11.8. The molecule has 3 N–H and O–H groups in total. The van der Waals surface area contributed by atoms with E-state index in [9.17, 15) is 9.59 Å². The third-order valence-corrected chi connectivity index (χ3v) is 2.79. The van der Waals surface area contributed by atoms with Gasteiger partial charge >= 0.3 is 0 Å². The fourth-order valence-corrected chi connectivity index (χ4v) is 1.42. The van der Waals surface area contributed by atoms with E-state index >= 15 is 0 Å². The molecule has 0 saturated carbocycles. The van der Waals surface area contributed by atoms with Crippen LogP contribution in [0.15, 0.2) is 24.5 Å². The SMILES string of the molecule is CC(C)(C)C(=O)CC(N)C(=O)NCc1ccncc1.CCC. The molecule has 1 amide bonds. The molecule has 1 heterocycles. The lowest BCUT2D eigenvalue weighted by molar-refractivity contribution is -0.130. The molecule has 0 saturated heterocycles. The number of nitrogens with two attached hydrogens (primary N) is 1. The summed E-state index contributed by atoms with van der Waals surface area (Å²) in [5.41, 5.74) is 6.21. The van der Waals surface area contributed by atoms with Crippen molar-refractivity contribution >= 4 is 11.7 Å². The Morgan fingerprint density at radius 1 is 1.23 bits per heavy atom. The lowest BCUT2D eigenvalue weighted by Gasteiger charge is -2.19. The zero-order valence-electron chi connectivity index (χ0n) is 14.3. The van der Waals surface area contributed by atoms with Gasteiger partial charge in [0.2, 0.25) is 5.91 Å². The van der Waals surface area contributed by atoms with Gasteiger partial charge in [-0.1, -0.05) is 41.0 Å². The molecule has 0 fully saturated rings. The number of Topliss-reactive ketones (excluding diaryl/α,β-unsaturated/α-hetero) is 1. The van der Waals surface area contributed by atoms with Crippen molar-refractivity contribution in [3.8, 4) is 0 Å². The normalized spacial score (nSPS) is 11.9. The fraction of sp³-hybridized carbons (Fsp3) is 0.588. The van der Waals surface area contributed by atoms with Crippen LogP contribution in [-0.4, -0.2) is 22.7 Å². The summed E-state index contributed by atoms with van der Waals surface area (Å²) in [5, 5.41) is 2.71. The van der Waals surface area contributed by atoms with E-state index in [0.29, 0.717) is 6.54 Å². The van der Waals surface area contributed by atoms with E-state index in [4.69, 9.17) is 5.73 Å². The Kier molecular flexibility index (Phi) is 9.26. The fourth-order valence-electron chi connectivity index (χ4n) is 1.42. The number of ketones is 1. The number of pyridine rings is 1. The van der Waals surface area contributed by atoms with Crippen LogP contribution in [0.5, 0.6) is 0 Å². The number of hydrogen-bond acceptors (Lipinski definition) is 4. The molecule has 5 nitrogen and oxygen atoms in total. The van der Waals surface area contributed by atoms with Gasteiger partial charge in [0.1, 0.15) is 5.78 Å². The van der Waals surface area contributed by atoms with Crippen molar-refractivity contribution in [1.29, 1.82) is 0 Å². The molecule has 0 aromatic carbocycles. The topological polar surface area (TPSA) is 85.1 Å². The largest absolute Gasteiger partial charge is 0.351 e. The summed E-state index contributed by atoms with van der Waals surface area (Å²) in [6.07, 6.45) is 4.63. The third kappa shape index (κ3) is 8.52. The van der Waals surface area contributed by atoms with Crippen LogP contribution in [0.1, 0.15) is 53.0 Å². The second-order valence-corrected chi connectivity index (χ2v) is 6.26. The van der Waals surface area contributed by atoms with Gasteiger partial charge in [-0.15, -0.1) is 0 Å². The zero-order chi connectivity index (χ0) is 17.2. The molecule has 22 heavy (non-hydrogen) atoms. The van der Waals surface area contributed by atoms with Crippen LogP contribution in [0.3, 0.4) is 0 Å². The minimum atomic E-state index is -0.798. The Morgan fingerprint density at radius 3 is 2.18 bits per heavy atom. The number of nitrogens with zero attached hydrogens (tertiary/aromatic N) is 1. The number of hydrogen-bond donors (Lipinski definition) is 2. The van der Waals surface area contributed by atoms with Crippen molar-refractivity contribution in [1.82, 2.24) is 10.3 Å². The smallest absolute Gasteiger partial charge is 0.237 e. The minimum absolute atomic E-state index is 0.0148. The van der Waals surface area contributed by atoms with Gasteiger partial charge in [0.25, 0.3) is 0 Å². The Balaban J connectivity index is 0.00000135. The Bertz CT molecular complexity index is 453. The molecular formula is C17H29N3O2. The average molecular weight is 307 g/mol.